The van der Waals surface area contributed by atoms with Crippen molar-refractivity contribution in [1.82, 2.24) is 4.90 Å². The molecule has 6 nitrogen and oxygen atoms in total. The van der Waals surface area contributed by atoms with Crippen LogP contribution in [0.5, 0.6) is 17.2 Å². The molecule has 0 atom stereocenters. The fourth-order valence-corrected chi connectivity index (χ4v) is 4.13. The number of nitrogens with zero attached hydrogens (tertiary/aromatic N) is 1. The molecule has 1 aliphatic rings. The number of fused-ring (bicyclic) bond motifs is 4. The molecule has 6 heteroatoms. The van der Waals surface area contributed by atoms with E-state index in [1.165, 1.54) is 5.56 Å². The minimum Gasteiger partial charge on any atom is -0.493 e. The van der Waals surface area contributed by atoms with Gasteiger partial charge in [-0.05, 0) is 53.9 Å². The molecule has 1 amide bonds. The molecule has 31 heavy (non-hydrogen) atoms. The van der Waals surface area contributed by atoms with Crippen LogP contribution in [-0.2, 0) is 17.8 Å². The first-order valence-corrected chi connectivity index (χ1v) is 10.2. The van der Waals surface area contributed by atoms with E-state index in [4.69, 9.17) is 18.6 Å². The van der Waals surface area contributed by atoms with Gasteiger partial charge in [-0.1, -0.05) is 18.2 Å². The van der Waals surface area contributed by atoms with Gasteiger partial charge in [0.2, 0.25) is 0 Å². The molecule has 0 fully saturated rings. The number of amides is 1. The molecule has 0 unspecified atom stereocenters. The maximum Gasteiger partial charge on any atom is 0.260 e. The zero-order valence-electron chi connectivity index (χ0n) is 17.5. The van der Waals surface area contributed by atoms with E-state index >= 15 is 0 Å². The van der Waals surface area contributed by atoms with E-state index in [0.29, 0.717) is 30.3 Å². The summed E-state index contributed by atoms with van der Waals surface area (Å²) in [5, 5.41) is 2.01. The molecule has 0 bridgehead atoms. The monoisotopic (exact) mass is 417 g/mol. The summed E-state index contributed by atoms with van der Waals surface area (Å²) in [4.78, 5) is 14.6. The lowest BCUT2D eigenvalue weighted by Gasteiger charge is -2.29. The maximum atomic E-state index is 12.8. The fourth-order valence-electron chi connectivity index (χ4n) is 4.13. The van der Waals surface area contributed by atoms with Crippen molar-refractivity contribution in [2.24, 2.45) is 0 Å². The Morgan fingerprint density at radius 1 is 0.935 bits per heavy atom. The second-order valence-corrected chi connectivity index (χ2v) is 7.59. The fraction of sp³-hybridized carbons (Fsp3) is 0.240. The minimum atomic E-state index is -0.0439. The van der Waals surface area contributed by atoms with Gasteiger partial charge in [0.05, 0.1) is 14.2 Å². The maximum absolute atomic E-state index is 12.8. The number of hydrogen-bond acceptors (Lipinski definition) is 5. The SMILES string of the molecule is COc1cc2c(cc1OC)CN(C(=O)COc1ccc3oc4ccccc4c3c1)CC2. The third-order valence-corrected chi connectivity index (χ3v) is 5.78. The number of carbonyl (C=O) groups is 1. The Balaban J connectivity index is 1.29. The molecular weight excluding hydrogens is 394 g/mol. The molecule has 4 aromatic rings. The van der Waals surface area contributed by atoms with Crippen molar-refractivity contribution in [3.63, 3.8) is 0 Å². The highest BCUT2D eigenvalue weighted by Gasteiger charge is 2.23. The lowest BCUT2D eigenvalue weighted by molar-refractivity contribution is -0.134. The first-order chi connectivity index (χ1) is 15.2. The Hall–Kier alpha value is -3.67. The van der Waals surface area contributed by atoms with Gasteiger partial charge >= 0.3 is 0 Å². The van der Waals surface area contributed by atoms with Crippen molar-refractivity contribution >= 4 is 27.8 Å². The smallest absolute Gasteiger partial charge is 0.260 e. The Kier molecular flexibility index (Phi) is 4.90. The van der Waals surface area contributed by atoms with E-state index in [0.717, 1.165) is 33.9 Å². The zero-order chi connectivity index (χ0) is 21.4. The molecule has 1 aromatic heterocycles. The third-order valence-electron chi connectivity index (χ3n) is 5.78. The summed E-state index contributed by atoms with van der Waals surface area (Å²) in [6.45, 7) is 1.17. The van der Waals surface area contributed by atoms with Crippen molar-refractivity contribution in [3.05, 3.63) is 65.7 Å². The summed E-state index contributed by atoms with van der Waals surface area (Å²) in [7, 11) is 3.24. The van der Waals surface area contributed by atoms with Gasteiger partial charge in [-0.2, -0.15) is 0 Å². The van der Waals surface area contributed by atoms with Crippen LogP contribution in [0.25, 0.3) is 21.9 Å². The van der Waals surface area contributed by atoms with Crippen LogP contribution >= 0.6 is 0 Å². The lowest BCUT2D eigenvalue weighted by atomic mass is 9.99. The summed E-state index contributed by atoms with van der Waals surface area (Å²) in [5.74, 6) is 1.99. The number of furan rings is 1. The highest BCUT2D eigenvalue weighted by Crippen LogP contribution is 2.34. The predicted molar refractivity (Wildman–Crippen MR) is 118 cm³/mol. The molecule has 2 heterocycles. The highest BCUT2D eigenvalue weighted by molar-refractivity contribution is 6.05. The van der Waals surface area contributed by atoms with Gasteiger partial charge in [-0.3, -0.25) is 4.79 Å². The van der Waals surface area contributed by atoms with Crippen molar-refractivity contribution < 1.29 is 23.4 Å². The molecule has 0 saturated heterocycles. The zero-order valence-corrected chi connectivity index (χ0v) is 17.5. The number of methoxy groups -OCH3 is 2. The Morgan fingerprint density at radius 3 is 2.48 bits per heavy atom. The molecule has 0 N–H and O–H groups in total. The number of hydrogen-bond donors (Lipinski definition) is 0. The predicted octanol–water partition coefficient (Wildman–Crippen LogP) is 4.57. The standard InChI is InChI=1S/C25H23NO5/c1-28-23-11-16-9-10-26(14-17(16)12-24(23)29-2)25(27)15-30-18-7-8-22-20(13-18)19-5-3-4-6-21(19)31-22/h3-8,11-13H,9-10,14-15H2,1-2H3. The first kappa shape index (κ1) is 19.3. The van der Waals surface area contributed by atoms with Gasteiger partial charge in [-0.25, -0.2) is 0 Å². The van der Waals surface area contributed by atoms with E-state index in [2.05, 4.69) is 0 Å². The average molecular weight is 417 g/mol. The molecule has 1 aliphatic heterocycles. The number of para-hydroxylation sites is 1. The van der Waals surface area contributed by atoms with Crippen LogP contribution < -0.4 is 14.2 Å². The van der Waals surface area contributed by atoms with Crippen LogP contribution in [-0.4, -0.2) is 38.2 Å². The summed E-state index contributed by atoms with van der Waals surface area (Å²) >= 11 is 0. The van der Waals surface area contributed by atoms with Crippen LogP contribution in [0.1, 0.15) is 11.1 Å². The van der Waals surface area contributed by atoms with E-state index < -0.39 is 0 Å². The van der Waals surface area contributed by atoms with E-state index in [1.807, 2.05) is 59.5 Å². The summed E-state index contributed by atoms with van der Waals surface area (Å²) in [5.41, 5.74) is 3.89. The number of ether oxygens (including phenoxy) is 3. The van der Waals surface area contributed by atoms with Crippen LogP contribution in [0.2, 0.25) is 0 Å². The largest absolute Gasteiger partial charge is 0.493 e. The minimum absolute atomic E-state index is 0.0100. The molecule has 0 aliphatic carbocycles. The molecular formula is C25H23NO5. The van der Waals surface area contributed by atoms with Gasteiger partial charge in [0.1, 0.15) is 16.9 Å². The van der Waals surface area contributed by atoms with Gasteiger partial charge in [0.25, 0.3) is 5.91 Å². The Morgan fingerprint density at radius 2 is 1.68 bits per heavy atom. The second kappa shape index (κ2) is 7.87. The van der Waals surface area contributed by atoms with Crippen molar-refractivity contribution in [2.45, 2.75) is 13.0 Å². The van der Waals surface area contributed by atoms with Gasteiger partial charge in [0, 0.05) is 23.9 Å². The quantitative estimate of drug-likeness (QED) is 0.476. The second-order valence-electron chi connectivity index (χ2n) is 7.59. The highest BCUT2D eigenvalue weighted by atomic mass is 16.5. The van der Waals surface area contributed by atoms with E-state index in [-0.39, 0.29) is 12.5 Å². The number of carbonyl (C=O) groups excluding carboxylic acids is 1. The lowest BCUT2D eigenvalue weighted by Crippen LogP contribution is -2.38. The number of benzene rings is 3. The van der Waals surface area contributed by atoms with Crippen molar-refractivity contribution in [2.75, 3.05) is 27.4 Å². The summed E-state index contributed by atoms with van der Waals surface area (Å²) in [6.07, 6.45) is 0.772. The van der Waals surface area contributed by atoms with Crippen LogP contribution in [0.15, 0.2) is 59.0 Å². The molecule has 3 aromatic carbocycles. The van der Waals surface area contributed by atoms with Crippen LogP contribution in [0.3, 0.4) is 0 Å². The van der Waals surface area contributed by atoms with Crippen LogP contribution in [0.4, 0.5) is 0 Å². The normalized spacial score (nSPS) is 13.3. The van der Waals surface area contributed by atoms with E-state index in [1.54, 1.807) is 14.2 Å². The van der Waals surface area contributed by atoms with Gasteiger partial charge in [0.15, 0.2) is 18.1 Å². The van der Waals surface area contributed by atoms with Gasteiger partial charge in [-0.15, -0.1) is 0 Å². The van der Waals surface area contributed by atoms with Crippen molar-refractivity contribution in [1.29, 1.82) is 0 Å². The molecule has 0 radical (unpaired) electrons. The molecule has 0 saturated carbocycles. The Bertz CT molecular complexity index is 1280. The summed E-state index contributed by atoms with van der Waals surface area (Å²) in [6, 6.07) is 17.5. The topological polar surface area (TPSA) is 61.1 Å². The van der Waals surface area contributed by atoms with Crippen LogP contribution in [0, 0.1) is 0 Å². The summed E-state index contributed by atoms with van der Waals surface area (Å²) < 4.78 is 22.5. The number of rotatable bonds is 5. The van der Waals surface area contributed by atoms with Crippen molar-refractivity contribution in [3.8, 4) is 17.2 Å². The third kappa shape index (κ3) is 3.54. The Labute approximate surface area is 179 Å². The first-order valence-electron chi connectivity index (χ1n) is 10.2. The molecule has 0 spiro atoms. The molecule has 5 rings (SSSR count). The molecule has 158 valence electrons. The average Bonchev–Trinajstić information content (AvgIpc) is 3.19. The van der Waals surface area contributed by atoms with Gasteiger partial charge < -0.3 is 23.5 Å². The van der Waals surface area contributed by atoms with E-state index in [9.17, 15) is 4.79 Å².